The first-order chi connectivity index (χ1) is 12.5. The quantitative estimate of drug-likeness (QED) is 0.799. The van der Waals surface area contributed by atoms with E-state index in [1.54, 1.807) is 0 Å². The van der Waals surface area contributed by atoms with Gasteiger partial charge in [-0.25, -0.2) is 4.79 Å². The number of primary amides is 1. The molecule has 3 N–H and O–H groups in total. The molecular formula is C20H22N2O4. The molecule has 1 aliphatic rings. The Morgan fingerprint density at radius 1 is 1.23 bits per heavy atom. The molecule has 0 radical (unpaired) electrons. The van der Waals surface area contributed by atoms with Crippen molar-refractivity contribution in [1.82, 2.24) is 5.32 Å². The summed E-state index contributed by atoms with van der Waals surface area (Å²) < 4.78 is 10.7. The summed E-state index contributed by atoms with van der Waals surface area (Å²) in [5.74, 6) is 0.195. The number of rotatable bonds is 7. The highest BCUT2D eigenvalue weighted by Gasteiger charge is 2.44. The van der Waals surface area contributed by atoms with Crippen LogP contribution >= 0.6 is 0 Å². The van der Waals surface area contributed by atoms with Gasteiger partial charge in [-0.15, -0.1) is 0 Å². The van der Waals surface area contributed by atoms with E-state index < -0.39 is 17.5 Å². The lowest BCUT2D eigenvalue weighted by atomic mass is 9.92. The van der Waals surface area contributed by atoms with Crippen molar-refractivity contribution in [3.63, 3.8) is 0 Å². The van der Waals surface area contributed by atoms with E-state index in [2.05, 4.69) is 18.3 Å². The van der Waals surface area contributed by atoms with Gasteiger partial charge in [0.15, 0.2) is 5.54 Å². The molecule has 2 aromatic carbocycles. The first-order valence-electron chi connectivity index (χ1n) is 8.50. The van der Waals surface area contributed by atoms with Crippen LogP contribution in [0.1, 0.15) is 23.1 Å². The Hall–Kier alpha value is -3.02. The van der Waals surface area contributed by atoms with Crippen molar-refractivity contribution in [2.75, 3.05) is 6.61 Å². The highest BCUT2D eigenvalue weighted by atomic mass is 16.6. The van der Waals surface area contributed by atoms with Crippen LogP contribution in [-0.4, -0.2) is 24.1 Å². The third kappa shape index (κ3) is 3.96. The number of carbonyl (C=O) groups is 2. The van der Waals surface area contributed by atoms with Crippen molar-refractivity contribution >= 4 is 12.0 Å². The number of alkyl carbamates (subject to hydrolysis) is 1. The average Bonchev–Trinajstić information content (AvgIpc) is 3.03. The number of benzene rings is 2. The van der Waals surface area contributed by atoms with Crippen LogP contribution in [-0.2, 0) is 22.6 Å². The highest BCUT2D eigenvalue weighted by Crippen LogP contribution is 2.22. The van der Waals surface area contributed by atoms with Crippen LogP contribution < -0.4 is 15.8 Å². The number of aryl methyl sites for hydroxylation is 2. The van der Waals surface area contributed by atoms with Gasteiger partial charge in [-0.1, -0.05) is 36.4 Å². The molecule has 6 nitrogen and oxygen atoms in total. The molecular weight excluding hydrogens is 332 g/mol. The number of ether oxygens (including phenoxy) is 2. The monoisotopic (exact) mass is 354 g/mol. The Morgan fingerprint density at radius 3 is 2.58 bits per heavy atom. The fraction of sp³-hybridized carbons (Fsp3) is 0.300. The molecule has 136 valence electrons. The van der Waals surface area contributed by atoms with Gasteiger partial charge in [0.25, 0.3) is 0 Å². The predicted octanol–water partition coefficient (Wildman–Crippen LogP) is 2.47. The maximum absolute atomic E-state index is 11.7. The summed E-state index contributed by atoms with van der Waals surface area (Å²) in [6.45, 7) is 2.54. The molecule has 6 heteroatoms. The summed E-state index contributed by atoms with van der Waals surface area (Å²) in [5.41, 5.74) is 7.68. The van der Waals surface area contributed by atoms with Crippen LogP contribution in [0.3, 0.4) is 0 Å². The number of hydrogen-bond acceptors (Lipinski definition) is 4. The van der Waals surface area contributed by atoms with Gasteiger partial charge in [-0.05, 0) is 48.6 Å². The summed E-state index contributed by atoms with van der Waals surface area (Å²) in [5, 5.41) is 2.53. The molecule has 2 amide bonds. The Labute approximate surface area is 152 Å². The third-order valence-electron chi connectivity index (χ3n) is 4.68. The van der Waals surface area contributed by atoms with E-state index in [4.69, 9.17) is 15.2 Å². The van der Waals surface area contributed by atoms with Gasteiger partial charge in [0.2, 0.25) is 5.91 Å². The second-order valence-corrected chi connectivity index (χ2v) is 6.51. The van der Waals surface area contributed by atoms with E-state index in [1.807, 2.05) is 42.5 Å². The number of nitrogens with two attached hydrogens (primary N) is 1. The molecule has 1 atom stereocenters. The Bertz CT molecular complexity index is 804. The molecule has 1 heterocycles. The molecule has 0 bridgehead atoms. The second kappa shape index (κ2) is 7.47. The Kier molecular flexibility index (Phi) is 5.11. The van der Waals surface area contributed by atoms with E-state index in [0.717, 1.165) is 16.9 Å². The standard InChI is InChI=1S/C20H22N2O4/c1-14-4-2-3-5-16(14)12-25-17-8-6-15(7-9-17)10-11-20(18(21)23)13-26-19(24)22-20/h2-9H,10-13H2,1H3,(H2,21,23)(H,22,24). The topological polar surface area (TPSA) is 90.7 Å². The minimum Gasteiger partial charge on any atom is -0.489 e. The fourth-order valence-corrected chi connectivity index (χ4v) is 2.89. The molecule has 1 fully saturated rings. The van der Waals surface area contributed by atoms with Crippen molar-refractivity contribution in [2.24, 2.45) is 5.73 Å². The average molecular weight is 354 g/mol. The summed E-state index contributed by atoms with van der Waals surface area (Å²) in [6.07, 6.45) is 0.367. The van der Waals surface area contributed by atoms with E-state index >= 15 is 0 Å². The van der Waals surface area contributed by atoms with Gasteiger partial charge in [0, 0.05) is 0 Å². The second-order valence-electron chi connectivity index (χ2n) is 6.51. The Balaban J connectivity index is 1.57. The number of cyclic esters (lactones) is 1. The molecule has 0 aromatic heterocycles. The smallest absolute Gasteiger partial charge is 0.408 e. The number of carbonyl (C=O) groups excluding carboxylic acids is 2. The van der Waals surface area contributed by atoms with Crippen LogP contribution in [0.2, 0.25) is 0 Å². The maximum atomic E-state index is 11.7. The third-order valence-corrected chi connectivity index (χ3v) is 4.68. The van der Waals surface area contributed by atoms with Crippen molar-refractivity contribution in [3.8, 4) is 5.75 Å². The van der Waals surface area contributed by atoms with E-state index in [1.165, 1.54) is 5.56 Å². The number of nitrogens with one attached hydrogen (secondary N) is 1. The van der Waals surface area contributed by atoms with E-state index in [9.17, 15) is 9.59 Å². The largest absolute Gasteiger partial charge is 0.489 e. The summed E-state index contributed by atoms with van der Waals surface area (Å²) in [6, 6.07) is 15.8. The lowest BCUT2D eigenvalue weighted by Gasteiger charge is -2.22. The van der Waals surface area contributed by atoms with Crippen LogP contribution in [0, 0.1) is 6.92 Å². The van der Waals surface area contributed by atoms with Crippen LogP contribution in [0.5, 0.6) is 5.75 Å². The van der Waals surface area contributed by atoms with Gasteiger partial charge >= 0.3 is 6.09 Å². The summed E-state index contributed by atoms with van der Waals surface area (Å²) >= 11 is 0. The molecule has 0 spiro atoms. The van der Waals surface area contributed by atoms with Crippen molar-refractivity contribution in [1.29, 1.82) is 0 Å². The highest BCUT2D eigenvalue weighted by molar-refractivity contribution is 5.91. The molecule has 1 aliphatic heterocycles. The van der Waals surface area contributed by atoms with Crippen molar-refractivity contribution < 1.29 is 19.1 Å². The minimum absolute atomic E-state index is 0.0290. The summed E-state index contributed by atoms with van der Waals surface area (Å²) in [4.78, 5) is 23.0. The molecule has 0 aliphatic carbocycles. The molecule has 0 saturated carbocycles. The molecule has 26 heavy (non-hydrogen) atoms. The number of hydrogen-bond donors (Lipinski definition) is 2. The SMILES string of the molecule is Cc1ccccc1COc1ccc(CCC2(C(N)=O)COC(=O)N2)cc1. The van der Waals surface area contributed by atoms with Gasteiger partial charge in [-0.3, -0.25) is 4.79 Å². The zero-order valence-electron chi connectivity index (χ0n) is 14.7. The lowest BCUT2D eigenvalue weighted by molar-refractivity contribution is -0.124. The predicted molar refractivity (Wildman–Crippen MR) is 96.7 cm³/mol. The maximum Gasteiger partial charge on any atom is 0.408 e. The minimum atomic E-state index is -1.13. The molecule has 3 rings (SSSR count). The van der Waals surface area contributed by atoms with Gasteiger partial charge in [-0.2, -0.15) is 0 Å². The first kappa shape index (κ1) is 17.8. The molecule has 1 unspecified atom stereocenters. The van der Waals surface area contributed by atoms with Crippen LogP contribution in [0.25, 0.3) is 0 Å². The van der Waals surface area contributed by atoms with Crippen LogP contribution in [0.4, 0.5) is 4.79 Å². The normalized spacial score (nSPS) is 18.9. The van der Waals surface area contributed by atoms with Gasteiger partial charge in [0.1, 0.15) is 19.0 Å². The van der Waals surface area contributed by atoms with Gasteiger partial charge < -0.3 is 20.5 Å². The summed E-state index contributed by atoms with van der Waals surface area (Å²) in [7, 11) is 0. The van der Waals surface area contributed by atoms with Crippen LogP contribution in [0.15, 0.2) is 48.5 Å². The van der Waals surface area contributed by atoms with Crippen molar-refractivity contribution in [3.05, 3.63) is 65.2 Å². The lowest BCUT2D eigenvalue weighted by Crippen LogP contribution is -2.54. The van der Waals surface area contributed by atoms with Crippen molar-refractivity contribution in [2.45, 2.75) is 31.9 Å². The zero-order chi connectivity index (χ0) is 18.6. The van der Waals surface area contributed by atoms with E-state index in [0.29, 0.717) is 19.4 Å². The molecule has 2 aromatic rings. The zero-order valence-corrected chi connectivity index (χ0v) is 14.7. The fourth-order valence-electron chi connectivity index (χ4n) is 2.89. The first-order valence-corrected chi connectivity index (χ1v) is 8.50. The Morgan fingerprint density at radius 2 is 1.96 bits per heavy atom. The number of amides is 2. The van der Waals surface area contributed by atoms with Gasteiger partial charge in [0.05, 0.1) is 0 Å². The molecule has 1 saturated heterocycles. The van der Waals surface area contributed by atoms with E-state index in [-0.39, 0.29) is 6.61 Å².